The van der Waals surface area contributed by atoms with Crippen LogP contribution in [0, 0.1) is 5.92 Å². The van der Waals surface area contributed by atoms with E-state index in [2.05, 4.69) is 0 Å². The van der Waals surface area contributed by atoms with Gasteiger partial charge >= 0.3 is 11.9 Å². The molecule has 0 amide bonds. The maximum atomic E-state index is 10.6. The average molecular weight is 219 g/mol. The Balaban J connectivity index is 3.86. The monoisotopic (exact) mass is 219 g/mol. The molecule has 88 valence electrons. The highest BCUT2D eigenvalue weighted by molar-refractivity contribution is 5.77. The first-order valence-electron chi connectivity index (χ1n) is 4.75. The summed E-state index contributed by atoms with van der Waals surface area (Å²) in [6.07, 6.45) is 0.299. The van der Waals surface area contributed by atoms with Crippen LogP contribution in [0.3, 0.4) is 0 Å². The molecular weight excluding hydrogens is 202 g/mol. The molecular formula is C9H17NO5. The van der Waals surface area contributed by atoms with Crippen molar-refractivity contribution in [1.82, 2.24) is 0 Å². The second kappa shape index (κ2) is 7.19. The molecule has 15 heavy (non-hydrogen) atoms. The maximum absolute atomic E-state index is 10.6. The zero-order valence-corrected chi connectivity index (χ0v) is 8.68. The summed E-state index contributed by atoms with van der Waals surface area (Å²) < 4.78 is 5.04. The fraction of sp³-hybridized carbons (Fsp3) is 0.778. The molecule has 2 unspecified atom stereocenters. The second-order valence-corrected chi connectivity index (χ2v) is 3.34. The zero-order chi connectivity index (χ0) is 11.8. The fourth-order valence-electron chi connectivity index (χ4n) is 0.908. The van der Waals surface area contributed by atoms with Crippen molar-refractivity contribution in [2.45, 2.75) is 25.8 Å². The van der Waals surface area contributed by atoms with E-state index >= 15 is 0 Å². The molecule has 0 aromatic rings. The van der Waals surface area contributed by atoms with Gasteiger partial charge in [-0.3, -0.25) is 9.59 Å². The van der Waals surface area contributed by atoms with Gasteiger partial charge in [0.05, 0.1) is 25.6 Å². The van der Waals surface area contributed by atoms with E-state index in [0.717, 1.165) is 6.42 Å². The van der Waals surface area contributed by atoms with Gasteiger partial charge < -0.3 is 20.7 Å². The van der Waals surface area contributed by atoms with E-state index < -0.39 is 24.3 Å². The van der Waals surface area contributed by atoms with E-state index in [9.17, 15) is 9.59 Å². The summed E-state index contributed by atoms with van der Waals surface area (Å²) in [6, 6.07) is -0.135. The van der Waals surface area contributed by atoms with E-state index in [-0.39, 0.29) is 19.3 Å². The Labute approximate surface area is 88.0 Å². The number of ether oxygens (including phenoxy) is 1. The van der Waals surface area contributed by atoms with Crippen molar-refractivity contribution in [3.63, 3.8) is 0 Å². The van der Waals surface area contributed by atoms with Crippen LogP contribution in [0.2, 0.25) is 0 Å². The molecule has 6 heteroatoms. The molecule has 2 atom stereocenters. The van der Waals surface area contributed by atoms with Crippen molar-refractivity contribution in [1.29, 1.82) is 0 Å². The van der Waals surface area contributed by atoms with E-state index in [1.165, 1.54) is 0 Å². The maximum Gasteiger partial charge on any atom is 0.309 e. The minimum atomic E-state index is -1.16. The molecule has 0 aromatic carbocycles. The number of hydrogen-bond acceptors (Lipinski definition) is 4. The number of nitrogens with two attached hydrogens (primary N) is 1. The zero-order valence-electron chi connectivity index (χ0n) is 8.68. The first-order chi connectivity index (χ1) is 6.97. The highest BCUT2D eigenvalue weighted by Gasteiger charge is 2.21. The average Bonchev–Trinajstić information content (AvgIpc) is 2.15. The highest BCUT2D eigenvalue weighted by Crippen LogP contribution is 2.04. The van der Waals surface area contributed by atoms with E-state index in [1.54, 1.807) is 0 Å². The molecule has 0 aromatic heterocycles. The largest absolute Gasteiger partial charge is 0.481 e. The van der Waals surface area contributed by atoms with Gasteiger partial charge in [-0.2, -0.15) is 0 Å². The van der Waals surface area contributed by atoms with E-state index in [1.807, 2.05) is 6.92 Å². The molecule has 0 saturated carbocycles. The summed E-state index contributed by atoms with van der Waals surface area (Å²) in [4.78, 5) is 20.9. The molecule has 0 aliphatic carbocycles. The molecule has 6 nitrogen and oxygen atoms in total. The minimum Gasteiger partial charge on any atom is -0.481 e. The predicted molar refractivity (Wildman–Crippen MR) is 52.5 cm³/mol. The van der Waals surface area contributed by atoms with Gasteiger partial charge in [-0.05, 0) is 6.42 Å². The Morgan fingerprint density at radius 1 is 1.33 bits per heavy atom. The number of hydrogen-bond donors (Lipinski definition) is 3. The van der Waals surface area contributed by atoms with Crippen molar-refractivity contribution in [2.24, 2.45) is 11.7 Å². The van der Waals surface area contributed by atoms with Gasteiger partial charge in [0.15, 0.2) is 0 Å². The van der Waals surface area contributed by atoms with Crippen LogP contribution in [0.1, 0.15) is 19.8 Å². The smallest absolute Gasteiger partial charge is 0.309 e. The third kappa shape index (κ3) is 6.87. The first-order valence-corrected chi connectivity index (χ1v) is 4.75. The standard InChI is InChI=1S/C9H17NO5/c1-2-7(10)5-15-4-6(9(13)14)3-8(11)12/h6-7H,2-5,10H2,1H3,(H,11,12)(H,13,14). The van der Waals surface area contributed by atoms with Gasteiger partial charge in [-0.1, -0.05) is 6.92 Å². The lowest BCUT2D eigenvalue weighted by Gasteiger charge is -2.13. The van der Waals surface area contributed by atoms with Crippen LogP contribution < -0.4 is 5.73 Å². The Kier molecular flexibility index (Phi) is 6.64. The van der Waals surface area contributed by atoms with Crippen LogP contribution in [0.4, 0.5) is 0 Å². The fourth-order valence-corrected chi connectivity index (χ4v) is 0.908. The summed E-state index contributed by atoms with van der Waals surface area (Å²) in [5.74, 6) is -3.32. The molecule has 0 radical (unpaired) electrons. The van der Waals surface area contributed by atoms with Crippen LogP contribution in [0.25, 0.3) is 0 Å². The van der Waals surface area contributed by atoms with Gasteiger partial charge in [0, 0.05) is 6.04 Å². The van der Waals surface area contributed by atoms with Crippen molar-refractivity contribution < 1.29 is 24.5 Å². The summed E-state index contributed by atoms with van der Waals surface area (Å²) in [5.41, 5.74) is 5.55. The third-order valence-corrected chi connectivity index (χ3v) is 1.95. The molecule has 0 heterocycles. The van der Waals surface area contributed by atoms with Gasteiger partial charge in [0.25, 0.3) is 0 Å². The second-order valence-electron chi connectivity index (χ2n) is 3.34. The SMILES string of the molecule is CCC(N)COCC(CC(=O)O)C(=O)O. The van der Waals surface area contributed by atoms with E-state index in [4.69, 9.17) is 20.7 Å². The normalized spacial score (nSPS) is 14.5. The molecule has 0 fully saturated rings. The topological polar surface area (TPSA) is 110 Å². The molecule has 0 bridgehead atoms. The van der Waals surface area contributed by atoms with Crippen LogP contribution in [-0.2, 0) is 14.3 Å². The molecule has 4 N–H and O–H groups in total. The minimum absolute atomic E-state index is 0.116. The lowest BCUT2D eigenvalue weighted by Crippen LogP contribution is -2.29. The van der Waals surface area contributed by atoms with Crippen LogP contribution in [0.5, 0.6) is 0 Å². The number of carboxylic acids is 2. The van der Waals surface area contributed by atoms with Crippen LogP contribution >= 0.6 is 0 Å². The lowest BCUT2D eigenvalue weighted by molar-refractivity contribution is -0.150. The summed E-state index contributed by atoms with van der Waals surface area (Å²) >= 11 is 0. The Morgan fingerprint density at radius 3 is 2.33 bits per heavy atom. The van der Waals surface area contributed by atoms with Gasteiger partial charge in [0.1, 0.15) is 0 Å². The highest BCUT2D eigenvalue weighted by atomic mass is 16.5. The lowest BCUT2D eigenvalue weighted by atomic mass is 10.1. The van der Waals surface area contributed by atoms with Crippen molar-refractivity contribution in [3.8, 4) is 0 Å². The van der Waals surface area contributed by atoms with Gasteiger partial charge in [0.2, 0.25) is 0 Å². The summed E-state index contributed by atoms with van der Waals surface area (Å²) in [7, 11) is 0. The Hall–Kier alpha value is -1.14. The van der Waals surface area contributed by atoms with Gasteiger partial charge in [-0.15, -0.1) is 0 Å². The number of rotatable bonds is 8. The quantitative estimate of drug-likeness (QED) is 0.526. The molecule has 0 saturated heterocycles. The number of carbonyl (C=O) groups is 2. The third-order valence-electron chi connectivity index (χ3n) is 1.95. The summed E-state index contributed by atoms with van der Waals surface area (Å²) in [6.45, 7) is 2.02. The summed E-state index contributed by atoms with van der Waals surface area (Å²) in [5, 5.41) is 17.1. The van der Waals surface area contributed by atoms with E-state index in [0.29, 0.717) is 0 Å². The Bertz CT molecular complexity index is 219. The van der Waals surface area contributed by atoms with Crippen molar-refractivity contribution in [2.75, 3.05) is 13.2 Å². The molecule has 0 aliphatic heterocycles. The molecule has 0 spiro atoms. The van der Waals surface area contributed by atoms with Crippen molar-refractivity contribution in [3.05, 3.63) is 0 Å². The van der Waals surface area contributed by atoms with Crippen LogP contribution in [0.15, 0.2) is 0 Å². The first kappa shape index (κ1) is 13.9. The number of aliphatic carboxylic acids is 2. The molecule has 0 aliphatic rings. The van der Waals surface area contributed by atoms with Gasteiger partial charge in [-0.25, -0.2) is 0 Å². The predicted octanol–water partition coefficient (Wildman–Crippen LogP) is -0.0842. The number of carboxylic acid groups (broad SMARTS) is 2. The van der Waals surface area contributed by atoms with Crippen molar-refractivity contribution >= 4 is 11.9 Å². The molecule has 0 rings (SSSR count). The Morgan fingerprint density at radius 2 is 1.93 bits per heavy atom. The van der Waals surface area contributed by atoms with Crippen LogP contribution in [-0.4, -0.2) is 41.4 Å².